The lowest BCUT2D eigenvalue weighted by Gasteiger charge is -2.14. The van der Waals surface area contributed by atoms with Crippen molar-refractivity contribution in [2.45, 2.75) is 26.8 Å². The highest BCUT2D eigenvalue weighted by Gasteiger charge is 2.21. The Morgan fingerprint density at radius 3 is 2.65 bits per heavy atom. The summed E-state index contributed by atoms with van der Waals surface area (Å²) in [6, 6.07) is 9.80. The van der Waals surface area contributed by atoms with Crippen molar-refractivity contribution in [1.82, 2.24) is 20.1 Å². The fraction of sp³-hybridized carbons (Fsp3) is 0.174. The van der Waals surface area contributed by atoms with Crippen LogP contribution in [0.3, 0.4) is 0 Å². The van der Waals surface area contributed by atoms with Gasteiger partial charge >= 0.3 is 0 Å². The number of rotatable bonds is 6. The van der Waals surface area contributed by atoms with Crippen molar-refractivity contribution in [2.24, 2.45) is 0 Å². The van der Waals surface area contributed by atoms with E-state index in [-0.39, 0.29) is 23.1 Å². The van der Waals surface area contributed by atoms with E-state index in [1.54, 1.807) is 45.0 Å². The third kappa shape index (κ3) is 5.83. The standard InChI is InChI=1S/C23H19BrCl2N6O2/c1-12(2)29-22(33)15(11-27)8-14-9-16(25)7-13(3)20(14)30-23(34)18-10-19(24)31-32(18)21-17(26)5-4-6-28-21/h4-10,12H,1-3H3,(H,29,33)(H,30,34)/b15-8+. The quantitative estimate of drug-likeness (QED) is 0.312. The molecule has 3 aromatic rings. The fourth-order valence-electron chi connectivity index (χ4n) is 3.08. The Morgan fingerprint density at radius 2 is 2.00 bits per heavy atom. The number of hydrogen-bond donors (Lipinski definition) is 2. The number of carbonyl (C=O) groups excluding carboxylic acids is 2. The Balaban J connectivity index is 2.04. The number of nitrogens with one attached hydrogen (secondary N) is 2. The van der Waals surface area contributed by atoms with Crippen molar-refractivity contribution in [3.05, 3.63) is 73.6 Å². The molecule has 2 N–H and O–H groups in total. The first kappa shape index (κ1) is 25.4. The highest BCUT2D eigenvalue weighted by molar-refractivity contribution is 9.10. The van der Waals surface area contributed by atoms with E-state index < -0.39 is 11.8 Å². The normalized spacial score (nSPS) is 11.3. The molecule has 11 heteroatoms. The van der Waals surface area contributed by atoms with Crippen molar-refractivity contribution in [3.8, 4) is 11.9 Å². The van der Waals surface area contributed by atoms with Crippen molar-refractivity contribution < 1.29 is 9.59 Å². The van der Waals surface area contributed by atoms with Gasteiger partial charge in [0.25, 0.3) is 11.8 Å². The SMILES string of the molecule is Cc1cc(Cl)cc(/C=C(\C#N)C(=O)NC(C)C)c1NC(=O)c1cc(Br)nn1-c1ncccc1Cl. The van der Waals surface area contributed by atoms with Crippen molar-refractivity contribution in [3.63, 3.8) is 0 Å². The average molecular weight is 562 g/mol. The van der Waals surface area contributed by atoms with Crippen LogP contribution in [0.15, 0.2) is 46.7 Å². The molecule has 34 heavy (non-hydrogen) atoms. The van der Waals surface area contributed by atoms with Crippen molar-refractivity contribution in [2.75, 3.05) is 5.32 Å². The van der Waals surface area contributed by atoms with Crippen LogP contribution in [0.1, 0.15) is 35.5 Å². The third-order valence-electron chi connectivity index (χ3n) is 4.51. The van der Waals surface area contributed by atoms with Gasteiger partial charge in [0.1, 0.15) is 21.9 Å². The topological polar surface area (TPSA) is 113 Å². The number of hydrogen-bond acceptors (Lipinski definition) is 5. The molecule has 2 aromatic heterocycles. The molecule has 0 aliphatic carbocycles. The molecule has 0 spiro atoms. The van der Waals surface area contributed by atoms with E-state index in [4.69, 9.17) is 23.2 Å². The summed E-state index contributed by atoms with van der Waals surface area (Å²) in [6.45, 7) is 5.33. The van der Waals surface area contributed by atoms with E-state index in [1.807, 2.05) is 6.07 Å². The van der Waals surface area contributed by atoms with Crippen LogP contribution >= 0.6 is 39.1 Å². The van der Waals surface area contributed by atoms with Gasteiger partial charge in [-0.15, -0.1) is 0 Å². The van der Waals surface area contributed by atoms with Crippen LogP contribution < -0.4 is 10.6 Å². The number of benzene rings is 1. The number of nitrogens with zero attached hydrogens (tertiary/aromatic N) is 4. The van der Waals surface area contributed by atoms with Crippen LogP contribution in [0.5, 0.6) is 0 Å². The Hall–Kier alpha value is -3.19. The molecule has 0 unspecified atom stereocenters. The summed E-state index contributed by atoms with van der Waals surface area (Å²) in [6.07, 6.45) is 2.92. The predicted octanol–water partition coefficient (Wildman–Crippen LogP) is 5.33. The molecule has 0 aliphatic rings. The van der Waals surface area contributed by atoms with Gasteiger partial charge in [-0.05, 0) is 72.6 Å². The van der Waals surface area contributed by atoms with Gasteiger partial charge in [0, 0.05) is 28.9 Å². The summed E-state index contributed by atoms with van der Waals surface area (Å²) < 4.78 is 1.73. The molecule has 0 radical (unpaired) electrons. The molecular weight excluding hydrogens is 543 g/mol. The molecule has 0 saturated heterocycles. The monoisotopic (exact) mass is 560 g/mol. The Kier molecular flexibility index (Phi) is 8.10. The van der Waals surface area contributed by atoms with Gasteiger partial charge in [-0.3, -0.25) is 9.59 Å². The van der Waals surface area contributed by atoms with Gasteiger partial charge in [-0.2, -0.15) is 10.4 Å². The van der Waals surface area contributed by atoms with Gasteiger partial charge in [0.05, 0.1) is 10.7 Å². The number of carbonyl (C=O) groups is 2. The summed E-state index contributed by atoms with van der Waals surface area (Å²) in [7, 11) is 0. The highest BCUT2D eigenvalue weighted by Crippen LogP contribution is 2.29. The summed E-state index contributed by atoms with van der Waals surface area (Å²) in [4.78, 5) is 29.9. The molecule has 0 saturated carbocycles. The minimum absolute atomic E-state index is 0.126. The van der Waals surface area contributed by atoms with Crippen molar-refractivity contribution >= 4 is 62.7 Å². The molecule has 0 aliphatic heterocycles. The van der Waals surface area contributed by atoms with Gasteiger partial charge in [0.2, 0.25) is 0 Å². The summed E-state index contributed by atoms with van der Waals surface area (Å²) in [5.41, 5.74) is 1.45. The fourth-order valence-corrected chi connectivity index (χ4v) is 3.94. The second-order valence-electron chi connectivity index (χ2n) is 7.51. The molecule has 1 aromatic carbocycles. The Labute approximate surface area is 214 Å². The zero-order valence-electron chi connectivity index (χ0n) is 18.4. The summed E-state index contributed by atoms with van der Waals surface area (Å²) >= 11 is 15.8. The number of aryl methyl sites for hydroxylation is 1. The number of aromatic nitrogens is 3. The zero-order valence-corrected chi connectivity index (χ0v) is 21.5. The molecule has 0 bridgehead atoms. The van der Waals surface area contributed by atoms with E-state index >= 15 is 0 Å². The van der Waals surface area contributed by atoms with Crippen LogP contribution in [0.25, 0.3) is 11.9 Å². The second-order valence-corrected chi connectivity index (χ2v) is 9.17. The first-order valence-corrected chi connectivity index (χ1v) is 11.6. The van der Waals surface area contributed by atoms with Crippen LogP contribution in [-0.4, -0.2) is 32.6 Å². The van der Waals surface area contributed by atoms with E-state index in [1.165, 1.54) is 23.0 Å². The first-order valence-electron chi connectivity index (χ1n) is 10.0. The lowest BCUT2D eigenvalue weighted by atomic mass is 10.0. The van der Waals surface area contributed by atoms with E-state index in [0.29, 0.717) is 31.5 Å². The predicted molar refractivity (Wildman–Crippen MR) is 135 cm³/mol. The molecule has 0 fully saturated rings. The van der Waals surface area contributed by atoms with Crippen LogP contribution in [0.2, 0.25) is 10.0 Å². The van der Waals surface area contributed by atoms with E-state index in [9.17, 15) is 14.9 Å². The lowest BCUT2D eigenvalue weighted by molar-refractivity contribution is -0.117. The maximum absolute atomic E-state index is 13.3. The molecule has 2 amide bonds. The average Bonchev–Trinajstić information content (AvgIpc) is 3.15. The number of pyridine rings is 1. The number of amides is 2. The maximum Gasteiger partial charge on any atom is 0.274 e. The van der Waals surface area contributed by atoms with Crippen LogP contribution in [0.4, 0.5) is 5.69 Å². The van der Waals surface area contributed by atoms with E-state index in [0.717, 1.165) is 0 Å². The summed E-state index contributed by atoms with van der Waals surface area (Å²) in [5.74, 6) is -0.755. The smallest absolute Gasteiger partial charge is 0.274 e. The minimum atomic E-state index is -0.529. The first-order chi connectivity index (χ1) is 16.1. The van der Waals surface area contributed by atoms with Gasteiger partial charge in [0.15, 0.2) is 5.82 Å². The molecular formula is C23H19BrCl2N6O2. The van der Waals surface area contributed by atoms with Gasteiger partial charge in [-0.1, -0.05) is 23.2 Å². The highest BCUT2D eigenvalue weighted by atomic mass is 79.9. The lowest BCUT2D eigenvalue weighted by Crippen LogP contribution is -2.31. The molecule has 3 rings (SSSR count). The van der Waals surface area contributed by atoms with E-state index in [2.05, 4.69) is 36.6 Å². The van der Waals surface area contributed by atoms with Gasteiger partial charge in [-0.25, -0.2) is 9.67 Å². The largest absolute Gasteiger partial charge is 0.349 e. The molecule has 8 nitrogen and oxygen atoms in total. The second kappa shape index (κ2) is 10.8. The Morgan fingerprint density at radius 1 is 1.26 bits per heavy atom. The molecule has 174 valence electrons. The summed E-state index contributed by atoms with van der Waals surface area (Å²) in [5, 5.41) is 20.0. The molecule has 2 heterocycles. The zero-order chi connectivity index (χ0) is 25.0. The van der Waals surface area contributed by atoms with Crippen molar-refractivity contribution in [1.29, 1.82) is 5.26 Å². The number of anilines is 1. The third-order valence-corrected chi connectivity index (χ3v) is 5.41. The van der Waals surface area contributed by atoms with Crippen LogP contribution in [0, 0.1) is 18.3 Å². The Bertz CT molecular complexity index is 1340. The number of nitriles is 1. The van der Waals surface area contributed by atoms with Crippen LogP contribution in [-0.2, 0) is 4.79 Å². The molecule has 0 atom stereocenters. The minimum Gasteiger partial charge on any atom is -0.349 e. The number of halogens is 3. The van der Waals surface area contributed by atoms with Gasteiger partial charge < -0.3 is 10.6 Å². The maximum atomic E-state index is 13.3.